The minimum atomic E-state index is 1.37. The quantitative estimate of drug-likeness (QED) is 0.360. The molecule has 1 fully saturated rings. The molecule has 1 heterocycles. The average molecular weight is 269 g/mol. The Morgan fingerprint density at radius 2 is 1.16 bits per heavy atom. The van der Waals surface area contributed by atoms with Crippen molar-refractivity contribution in [3.8, 4) is 0 Å². The summed E-state index contributed by atoms with van der Waals surface area (Å²) in [6.45, 7) is 10.5. The molecule has 0 bridgehead atoms. The third kappa shape index (κ3) is 7.34. The van der Waals surface area contributed by atoms with Crippen molar-refractivity contribution in [2.75, 3.05) is 26.2 Å². The molecule has 0 spiro atoms. The Balaban J connectivity index is 2.05. The number of unbranched alkanes of at least 4 members (excludes halogenated alkanes) is 7. The van der Waals surface area contributed by atoms with Gasteiger partial charge >= 0.3 is 0 Å². The van der Waals surface area contributed by atoms with Gasteiger partial charge in [0.05, 0.1) is 26.2 Å². The first-order valence-electron chi connectivity index (χ1n) is 9.18. The maximum atomic E-state index is 2.41. The van der Waals surface area contributed by atoms with Crippen molar-refractivity contribution >= 4 is 0 Å². The lowest BCUT2D eigenvalue weighted by Gasteiger charge is -2.37. The molecule has 0 aromatic heterocycles. The van der Waals surface area contributed by atoms with E-state index in [1.54, 1.807) is 0 Å². The van der Waals surface area contributed by atoms with E-state index in [1.165, 1.54) is 108 Å². The summed E-state index contributed by atoms with van der Waals surface area (Å²) in [5.41, 5.74) is 0. The van der Waals surface area contributed by atoms with Gasteiger partial charge in [0.25, 0.3) is 0 Å². The Bertz CT molecular complexity index is 192. The van der Waals surface area contributed by atoms with Crippen molar-refractivity contribution in [1.29, 1.82) is 0 Å². The SMILES string of the molecule is CCCCCCCCCC[N+]1(CC)CCCCCC1. The second-order valence-electron chi connectivity index (χ2n) is 6.72. The number of rotatable bonds is 10. The molecule has 1 saturated heterocycles. The molecule has 19 heavy (non-hydrogen) atoms. The molecule has 0 aromatic rings. The Kier molecular flexibility index (Phi) is 9.59. The number of hydrogen-bond donors (Lipinski definition) is 0. The number of quaternary nitrogens is 1. The molecule has 1 aliphatic rings. The van der Waals surface area contributed by atoms with Crippen LogP contribution >= 0.6 is 0 Å². The number of nitrogens with zero attached hydrogens (tertiary/aromatic N) is 1. The summed E-state index contributed by atoms with van der Waals surface area (Å²) < 4.78 is 1.44. The van der Waals surface area contributed by atoms with Crippen LogP contribution in [0.1, 0.15) is 90.9 Å². The minimum absolute atomic E-state index is 1.37. The lowest BCUT2D eigenvalue weighted by Crippen LogP contribution is -2.49. The maximum Gasteiger partial charge on any atom is 0.0786 e. The summed E-state index contributed by atoms with van der Waals surface area (Å²) in [4.78, 5) is 0. The highest BCUT2D eigenvalue weighted by Gasteiger charge is 2.25. The molecule has 0 unspecified atom stereocenters. The molecule has 0 saturated carbocycles. The van der Waals surface area contributed by atoms with Crippen LogP contribution in [-0.2, 0) is 0 Å². The standard InChI is InChI=1S/C18H38N/c1-3-5-6-7-8-9-10-13-16-19(4-2)17-14-11-12-15-18-19/h3-18H2,1-2H3/q+1. The van der Waals surface area contributed by atoms with Gasteiger partial charge in [0.1, 0.15) is 0 Å². The van der Waals surface area contributed by atoms with E-state index in [9.17, 15) is 0 Å². The normalized spacial score (nSPS) is 19.3. The largest absolute Gasteiger partial charge is 0.324 e. The third-order valence-corrected chi connectivity index (χ3v) is 5.17. The fraction of sp³-hybridized carbons (Fsp3) is 1.00. The zero-order valence-electron chi connectivity index (χ0n) is 13.8. The molecule has 1 aliphatic heterocycles. The van der Waals surface area contributed by atoms with E-state index in [-0.39, 0.29) is 0 Å². The van der Waals surface area contributed by atoms with Crippen molar-refractivity contribution in [2.45, 2.75) is 90.9 Å². The van der Waals surface area contributed by atoms with E-state index in [1.807, 2.05) is 0 Å². The van der Waals surface area contributed by atoms with Gasteiger partial charge in [-0.3, -0.25) is 0 Å². The molecule has 0 amide bonds. The summed E-state index contributed by atoms with van der Waals surface area (Å²) in [6, 6.07) is 0. The topological polar surface area (TPSA) is 0 Å². The molecule has 0 aliphatic carbocycles. The van der Waals surface area contributed by atoms with Gasteiger partial charge < -0.3 is 4.48 Å². The predicted octanol–water partition coefficient (Wildman–Crippen LogP) is 5.54. The summed E-state index contributed by atoms with van der Waals surface area (Å²) in [7, 11) is 0. The lowest BCUT2D eigenvalue weighted by molar-refractivity contribution is -0.926. The summed E-state index contributed by atoms with van der Waals surface area (Å²) >= 11 is 0. The van der Waals surface area contributed by atoms with E-state index >= 15 is 0 Å². The van der Waals surface area contributed by atoms with Crippen LogP contribution in [0.25, 0.3) is 0 Å². The smallest absolute Gasteiger partial charge is 0.0786 e. The monoisotopic (exact) mass is 268 g/mol. The fourth-order valence-corrected chi connectivity index (χ4v) is 3.64. The lowest BCUT2D eigenvalue weighted by atomic mass is 10.1. The zero-order chi connectivity index (χ0) is 13.8. The summed E-state index contributed by atoms with van der Waals surface area (Å²) in [5.74, 6) is 0. The molecule has 0 atom stereocenters. The van der Waals surface area contributed by atoms with Crippen LogP contribution in [0.2, 0.25) is 0 Å². The highest BCUT2D eigenvalue weighted by atomic mass is 15.3. The molecular formula is C18H38N+. The van der Waals surface area contributed by atoms with Crippen molar-refractivity contribution in [2.24, 2.45) is 0 Å². The van der Waals surface area contributed by atoms with Gasteiger partial charge in [0.15, 0.2) is 0 Å². The number of hydrogen-bond acceptors (Lipinski definition) is 0. The first-order chi connectivity index (χ1) is 9.33. The Morgan fingerprint density at radius 3 is 1.68 bits per heavy atom. The van der Waals surface area contributed by atoms with Crippen LogP contribution < -0.4 is 0 Å². The van der Waals surface area contributed by atoms with E-state index in [4.69, 9.17) is 0 Å². The highest BCUT2D eigenvalue weighted by molar-refractivity contribution is 4.54. The van der Waals surface area contributed by atoms with Crippen LogP contribution in [-0.4, -0.2) is 30.7 Å². The van der Waals surface area contributed by atoms with Crippen molar-refractivity contribution in [1.82, 2.24) is 0 Å². The van der Waals surface area contributed by atoms with Gasteiger partial charge in [-0.15, -0.1) is 0 Å². The maximum absolute atomic E-state index is 2.41. The molecule has 114 valence electrons. The number of likely N-dealkylation sites (tertiary alicyclic amines) is 1. The van der Waals surface area contributed by atoms with Gasteiger partial charge in [-0.25, -0.2) is 0 Å². The molecule has 1 rings (SSSR count). The Morgan fingerprint density at radius 1 is 0.632 bits per heavy atom. The summed E-state index contributed by atoms with van der Waals surface area (Å²) in [5, 5.41) is 0. The van der Waals surface area contributed by atoms with Gasteiger partial charge in [-0.2, -0.15) is 0 Å². The Labute approximate surface area is 122 Å². The van der Waals surface area contributed by atoms with Crippen LogP contribution in [0.4, 0.5) is 0 Å². The molecule has 0 aromatic carbocycles. The highest BCUT2D eigenvalue weighted by Crippen LogP contribution is 2.20. The van der Waals surface area contributed by atoms with Crippen molar-refractivity contribution in [3.05, 3.63) is 0 Å². The van der Waals surface area contributed by atoms with Crippen LogP contribution in [0, 0.1) is 0 Å². The second kappa shape index (κ2) is 10.7. The first-order valence-corrected chi connectivity index (χ1v) is 9.18. The van der Waals surface area contributed by atoms with Crippen LogP contribution in [0.15, 0.2) is 0 Å². The van der Waals surface area contributed by atoms with E-state index in [0.717, 1.165) is 0 Å². The fourth-order valence-electron chi connectivity index (χ4n) is 3.64. The summed E-state index contributed by atoms with van der Waals surface area (Å²) in [6.07, 6.45) is 17.6. The van der Waals surface area contributed by atoms with Crippen molar-refractivity contribution < 1.29 is 4.48 Å². The molecule has 1 nitrogen and oxygen atoms in total. The van der Waals surface area contributed by atoms with Crippen LogP contribution in [0.3, 0.4) is 0 Å². The second-order valence-corrected chi connectivity index (χ2v) is 6.72. The third-order valence-electron chi connectivity index (χ3n) is 5.17. The zero-order valence-corrected chi connectivity index (χ0v) is 13.8. The van der Waals surface area contributed by atoms with E-state index < -0.39 is 0 Å². The van der Waals surface area contributed by atoms with Crippen molar-refractivity contribution in [3.63, 3.8) is 0 Å². The molecule has 0 radical (unpaired) electrons. The minimum Gasteiger partial charge on any atom is -0.324 e. The van der Waals surface area contributed by atoms with Gasteiger partial charge in [-0.1, -0.05) is 45.4 Å². The molecular weight excluding hydrogens is 230 g/mol. The van der Waals surface area contributed by atoms with E-state index in [0.29, 0.717) is 0 Å². The van der Waals surface area contributed by atoms with Gasteiger partial charge in [0, 0.05) is 0 Å². The average Bonchev–Trinajstić information content (AvgIpc) is 2.68. The van der Waals surface area contributed by atoms with Gasteiger partial charge in [0.2, 0.25) is 0 Å². The van der Waals surface area contributed by atoms with E-state index in [2.05, 4.69) is 13.8 Å². The molecule has 0 N–H and O–H groups in total. The van der Waals surface area contributed by atoms with Crippen LogP contribution in [0.5, 0.6) is 0 Å². The Hall–Kier alpha value is -0.0400. The molecule has 1 heteroatoms. The predicted molar refractivity (Wildman–Crippen MR) is 86.5 cm³/mol. The van der Waals surface area contributed by atoms with Gasteiger partial charge in [-0.05, 0) is 45.4 Å². The first kappa shape index (κ1) is 17.0.